The molecule has 0 saturated carbocycles. The van der Waals surface area contributed by atoms with Crippen molar-refractivity contribution in [3.63, 3.8) is 0 Å². The van der Waals surface area contributed by atoms with E-state index in [9.17, 15) is 10.1 Å². The second kappa shape index (κ2) is 7.23. The number of nitro benzene ring substituents is 1. The van der Waals surface area contributed by atoms with Crippen LogP contribution >= 0.6 is 0 Å². The summed E-state index contributed by atoms with van der Waals surface area (Å²) in [5.41, 5.74) is 3.49. The molecule has 7 heteroatoms. The zero-order valence-electron chi connectivity index (χ0n) is 14.7. The van der Waals surface area contributed by atoms with Crippen molar-refractivity contribution in [1.29, 1.82) is 5.26 Å². The zero-order chi connectivity index (χ0) is 18.7. The van der Waals surface area contributed by atoms with Crippen molar-refractivity contribution in [2.75, 3.05) is 11.9 Å². The molecule has 132 valence electrons. The second-order valence-electron chi connectivity index (χ2n) is 6.12. The zero-order valence-corrected chi connectivity index (χ0v) is 14.7. The van der Waals surface area contributed by atoms with Gasteiger partial charge >= 0.3 is 0 Å². The van der Waals surface area contributed by atoms with Gasteiger partial charge < -0.3 is 9.88 Å². The highest BCUT2D eigenvalue weighted by atomic mass is 16.6. The third kappa shape index (κ3) is 3.35. The van der Waals surface area contributed by atoms with E-state index in [4.69, 9.17) is 5.26 Å². The van der Waals surface area contributed by atoms with Crippen molar-refractivity contribution in [1.82, 2.24) is 9.55 Å². The number of nitrogens with one attached hydrogen (secondary N) is 1. The van der Waals surface area contributed by atoms with Gasteiger partial charge in [0, 0.05) is 30.4 Å². The summed E-state index contributed by atoms with van der Waals surface area (Å²) in [5.74, 6) is 0.962. The lowest BCUT2D eigenvalue weighted by Crippen LogP contribution is -2.09. The van der Waals surface area contributed by atoms with Crippen LogP contribution in [0.25, 0.3) is 11.0 Å². The van der Waals surface area contributed by atoms with E-state index in [0.29, 0.717) is 17.8 Å². The quantitative estimate of drug-likeness (QED) is 0.413. The first-order chi connectivity index (χ1) is 12.5. The lowest BCUT2D eigenvalue weighted by molar-refractivity contribution is -0.385. The molecule has 2 aromatic carbocycles. The average Bonchev–Trinajstić information content (AvgIpc) is 2.95. The molecule has 1 heterocycles. The van der Waals surface area contributed by atoms with E-state index in [1.54, 1.807) is 13.0 Å². The van der Waals surface area contributed by atoms with Crippen molar-refractivity contribution < 1.29 is 4.92 Å². The molecule has 0 radical (unpaired) electrons. The van der Waals surface area contributed by atoms with Gasteiger partial charge in [0.05, 0.1) is 27.6 Å². The molecule has 0 atom stereocenters. The van der Waals surface area contributed by atoms with E-state index >= 15 is 0 Å². The number of imidazole rings is 1. The molecule has 0 spiro atoms. The third-order valence-corrected chi connectivity index (χ3v) is 4.43. The van der Waals surface area contributed by atoms with E-state index in [0.717, 1.165) is 29.8 Å². The van der Waals surface area contributed by atoms with Crippen LogP contribution in [0.3, 0.4) is 0 Å². The molecule has 0 saturated heterocycles. The maximum Gasteiger partial charge on any atom is 0.275 e. The number of anilines is 1. The largest absolute Gasteiger partial charge is 0.385 e. The van der Waals surface area contributed by atoms with Gasteiger partial charge in [-0.2, -0.15) is 5.26 Å². The van der Waals surface area contributed by atoms with E-state index < -0.39 is 4.92 Å². The third-order valence-electron chi connectivity index (χ3n) is 4.43. The van der Waals surface area contributed by atoms with Crippen molar-refractivity contribution in [2.24, 2.45) is 0 Å². The van der Waals surface area contributed by atoms with Crippen LogP contribution in [-0.4, -0.2) is 21.0 Å². The summed E-state index contributed by atoms with van der Waals surface area (Å²) in [6.45, 7) is 5.10. The lowest BCUT2D eigenvalue weighted by Gasteiger charge is -2.11. The predicted octanol–water partition coefficient (Wildman–Crippen LogP) is 3.94. The molecular formula is C19H19N5O2. The van der Waals surface area contributed by atoms with Gasteiger partial charge in [0.15, 0.2) is 0 Å². The molecule has 0 aliphatic carbocycles. The maximum atomic E-state index is 11.1. The number of rotatable bonds is 6. The van der Waals surface area contributed by atoms with Gasteiger partial charge in [-0.25, -0.2) is 4.98 Å². The molecule has 0 amide bonds. The van der Waals surface area contributed by atoms with Gasteiger partial charge in [-0.1, -0.05) is 12.1 Å². The average molecular weight is 349 g/mol. The number of nitriles is 1. The highest BCUT2D eigenvalue weighted by Crippen LogP contribution is 2.27. The van der Waals surface area contributed by atoms with Crippen LogP contribution in [0.4, 0.5) is 11.4 Å². The number of para-hydroxylation sites is 2. The van der Waals surface area contributed by atoms with Crippen molar-refractivity contribution in [3.05, 3.63) is 63.5 Å². The topological polar surface area (TPSA) is 96.8 Å². The number of aromatic nitrogens is 2. The Morgan fingerprint density at radius 2 is 2.08 bits per heavy atom. The lowest BCUT2D eigenvalue weighted by atomic mass is 10.1. The molecule has 3 aromatic rings. The fourth-order valence-electron chi connectivity index (χ4n) is 3.08. The SMILES string of the molecule is Cc1c(NCCCn2c(C)nc3ccccc32)cc(C#N)cc1[N+](=O)[O-]. The normalized spacial score (nSPS) is 10.7. The number of nitrogens with zero attached hydrogens (tertiary/aromatic N) is 4. The molecule has 0 fully saturated rings. The molecule has 0 aliphatic heterocycles. The molecule has 0 bridgehead atoms. The standard InChI is InChI=1S/C19H19N5O2/c1-13-17(10-15(12-20)11-19(13)24(25)26)21-8-5-9-23-14(2)22-16-6-3-4-7-18(16)23/h3-4,6-7,10-11,21H,5,8-9H2,1-2H3. The van der Waals surface area contributed by atoms with E-state index in [1.165, 1.54) is 6.07 Å². The Bertz CT molecular complexity index is 1020. The second-order valence-corrected chi connectivity index (χ2v) is 6.12. The summed E-state index contributed by atoms with van der Waals surface area (Å²) in [5, 5.41) is 23.4. The van der Waals surface area contributed by atoms with Crippen LogP contribution in [0.5, 0.6) is 0 Å². The highest BCUT2D eigenvalue weighted by molar-refractivity contribution is 5.75. The minimum atomic E-state index is -0.456. The summed E-state index contributed by atoms with van der Waals surface area (Å²) in [7, 11) is 0. The van der Waals surface area contributed by atoms with Crippen LogP contribution in [0.1, 0.15) is 23.4 Å². The molecule has 1 N–H and O–H groups in total. The van der Waals surface area contributed by atoms with Gasteiger partial charge in [0.1, 0.15) is 5.82 Å². The van der Waals surface area contributed by atoms with Crippen LogP contribution in [0, 0.1) is 35.3 Å². The van der Waals surface area contributed by atoms with Gasteiger partial charge in [0.25, 0.3) is 5.69 Å². The van der Waals surface area contributed by atoms with Gasteiger partial charge in [-0.05, 0) is 38.5 Å². The number of aryl methyl sites for hydroxylation is 2. The molecule has 1 aromatic heterocycles. The Morgan fingerprint density at radius 3 is 2.81 bits per heavy atom. The van der Waals surface area contributed by atoms with Crippen LogP contribution in [0.2, 0.25) is 0 Å². The van der Waals surface area contributed by atoms with E-state index in [1.807, 2.05) is 37.3 Å². The molecule has 0 aliphatic rings. The molecule has 3 rings (SSSR count). The predicted molar refractivity (Wildman–Crippen MR) is 100 cm³/mol. The van der Waals surface area contributed by atoms with E-state index in [2.05, 4.69) is 14.9 Å². The summed E-state index contributed by atoms with van der Waals surface area (Å²) in [6.07, 6.45) is 0.825. The highest BCUT2D eigenvalue weighted by Gasteiger charge is 2.16. The number of nitro groups is 1. The van der Waals surface area contributed by atoms with Crippen LogP contribution in [-0.2, 0) is 6.54 Å². The fraction of sp³-hybridized carbons (Fsp3) is 0.263. The summed E-state index contributed by atoms with van der Waals surface area (Å²) in [6, 6.07) is 12.9. The Kier molecular flexibility index (Phi) is 4.85. The number of fused-ring (bicyclic) bond motifs is 1. The summed E-state index contributed by atoms with van der Waals surface area (Å²) in [4.78, 5) is 15.2. The molecule has 26 heavy (non-hydrogen) atoms. The summed E-state index contributed by atoms with van der Waals surface area (Å²) < 4.78 is 2.16. The smallest absolute Gasteiger partial charge is 0.275 e. The monoisotopic (exact) mass is 349 g/mol. The van der Waals surface area contributed by atoms with Crippen LogP contribution < -0.4 is 5.32 Å². The maximum absolute atomic E-state index is 11.1. The Labute approximate surface area is 151 Å². The first-order valence-corrected chi connectivity index (χ1v) is 8.36. The summed E-state index contributed by atoms with van der Waals surface area (Å²) >= 11 is 0. The fourth-order valence-corrected chi connectivity index (χ4v) is 3.08. The molecule has 7 nitrogen and oxygen atoms in total. The van der Waals surface area contributed by atoms with Crippen molar-refractivity contribution in [2.45, 2.75) is 26.8 Å². The molecule has 0 unspecified atom stereocenters. The number of hydrogen-bond donors (Lipinski definition) is 1. The molecular weight excluding hydrogens is 330 g/mol. The number of benzene rings is 2. The van der Waals surface area contributed by atoms with Gasteiger partial charge in [0.2, 0.25) is 0 Å². The van der Waals surface area contributed by atoms with Crippen molar-refractivity contribution >= 4 is 22.4 Å². The van der Waals surface area contributed by atoms with Crippen molar-refractivity contribution in [3.8, 4) is 6.07 Å². The Morgan fingerprint density at radius 1 is 1.31 bits per heavy atom. The van der Waals surface area contributed by atoms with Crippen LogP contribution in [0.15, 0.2) is 36.4 Å². The first-order valence-electron chi connectivity index (χ1n) is 8.36. The van der Waals surface area contributed by atoms with Gasteiger partial charge in [-0.3, -0.25) is 10.1 Å². The van der Waals surface area contributed by atoms with E-state index in [-0.39, 0.29) is 11.3 Å². The Hall–Kier alpha value is -3.40. The Balaban J connectivity index is 1.70. The first kappa shape index (κ1) is 17.4. The minimum Gasteiger partial charge on any atom is -0.385 e. The minimum absolute atomic E-state index is 0.0389. The van der Waals surface area contributed by atoms with Gasteiger partial charge in [-0.15, -0.1) is 0 Å². The number of hydrogen-bond acceptors (Lipinski definition) is 5.